The number of hydrogen-bond acceptors (Lipinski definition) is 4. The monoisotopic (exact) mass is 305 g/mol. The number of ether oxygens (including phenoxy) is 1. The molecule has 3 rings (SSSR count). The van der Waals surface area contributed by atoms with Crippen LogP contribution in [0.3, 0.4) is 0 Å². The third-order valence-corrected chi connectivity index (χ3v) is 4.17. The fraction of sp³-hybridized carbons (Fsp3) is 0.438. The van der Waals surface area contributed by atoms with Crippen LogP contribution in [0.1, 0.15) is 0 Å². The minimum atomic E-state index is 0.655. The van der Waals surface area contributed by atoms with Gasteiger partial charge in [-0.05, 0) is 30.6 Å². The van der Waals surface area contributed by atoms with Crippen molar-refractivity contribution in [3.8, 4) is 5.88 Å². The molecule has 0 aliphatic carbocycles. The van der Waals surface area contributed by atoms with Crippen molar-refractivity contribution in [2.45, 2.75) is 0 Å². The molecule has 0 atom stereocenters. The van der Waals surface area contributed by atoms with E-state index in [4.69, 9.17) is 16.3 Å². The van der Waals surface area contributed by atoms with Crippen LogP contribution in [-0.4, -0.2) is 61.2 Å². The van der Waals surface area contributed by atoms with E-state index < -0.39 is 0 Å². The first kappa shape index (κ1) is 14.6. The third kappa shape index (κ3) is 3.64. The summed E-state index contributed by atoms with van der Waals surface area (Å²) < 4.78 is 5.88. The van der Waals surface area contributed by atoms with E-state index in [1.807, 2.05) is 24.3 Å². The van der Waals surface area contributed by atoms with Crippen molar-refractivity contribution in [3.63, 3.8) is 0 Å². The van der Waals surface area contributed by atoms with Crippen LogP contribution in [0.4, 0.5) is 0 Å². The van der Waals surface area contributed by atoms with Crippen LogP contribution in [0.5, 0.6) is 5.88 Å². The molecule has 1 aromatic carbocycles. The lowest BCUT2D eigenvalue weighted by atomic mass is 10.2. The van der Waals surface area contributed by atoms with Gasteiger partial charge in [-0.2, -0.15) is 0 Å². The van der Waals surface area contributed by atoms with Gasteiger partial charge in [-0.15, -0.1) is 0 Å². The Balaban J connectivity index is 1.61. The Bertz CT molecular complexity index is 611. The summed E-state index contributed by atoms with van der Waals surface area (Å²) in [6.07, 6.45) is 1.78. The molecule has 21 heavy (non-hydrogen) atoms. The molecule has 0 unspecified atom stereocenters. The first-order valence-electron chi connectivity index (χ1n) is 7.30. The number of aromatic nitrogens is 1. The maximum atomic E-state index is 6.06. The van der Waals surface area contributed by atoms with E-state index >= 15 is 0 Å². The molecule has 1 aliphatic rings. The van der Waals surface area contributed by atoms with Crippen molar-refractivity contribution < 1.29 is 4.74 Å². The molecule has 4 nitrogen and oxygen atoms in total. The second kappa shape index (κ2) is 6.60. The average molecular weight is 306 g/mol. The van der Waals surface area contributed by atoms with Crippen molar-refractivity contribution in [2.24, 2.45) is 0 Å². The highest BCUT2D eigenvalue weighted by molar-refractivity contribution is 6.31. The minimum Gasteiger partial charge on any atom is -0.476 e. The van der Waals surface area contributed by atoms with Crippen LogP contribution < -0.4 is 4.74 Å². The molecule has 0 bridgehead atoms. The summed E-state index contributed by atoms with van der Waals surface area (Å²) in [6, 6.07) is 7.76. The predicted octanol–water partition coefficient (Wildman–Crippen LogP) is 2.51. The molecule has 1 saturated heterocycles. The lowest BCUT2D eigenvalue weighted by Gasteiger charge is -2.32. The number of rotatable bonds is 4. The first-order chi connectivity index (χ1) is 10.2. The summed E-state index contributed by atoms with van der Waals surface area (Å²) in [5, 5.41) is 2.78. The highest BCUT2D eigenvalue weighted by atomic mass is 35.5. The summed E-state index contributed by atoms with van der Waals surface area (Å²) >= 11 is 6.06. The van der Waals surface area contributed by atoms with Crippen LogP contribution in [0.15, 0.2) is 30.5 Å². The van der Waals surface area contributed by atoms with Crippen molar-refractivity contribution in [2.75, 3.05) is 46.4 Å². The Kier molecular flexibility index (Phi) is 4.58. The van der Waals surface area contributed by atoms with Gasteiger partial charge in [-0.3, -0.25) is 4.90 Å². The Morgan fingerprint density at radius 2 is 2.00 bits per heavy atom. The highest BCUT2D eigenvalue weighted by Gasteiger charge is 2.13. The maximum absolute atomic E-state index is 6.06. The molecule has 0 N–H and O–H groups in total. The smallest absolute Gasteiger partial charge is 0.221 e. The Morgan fingerprint density at radius 3 is 2.81 bits per heavy atom. The average Bonchev–Trinajstić information content (AvgIpc) is 2.50. The number of halogens is 1. The molecule has 0 spiro atoms. The van der Waals surface area contributed by atoms with E-state index in [0.29, 0.717) is 17.5 Å². The highest BCUT2D eigenvalue weighted by Crippen LogP contribution is 2.26. The zero-order valence-corrected chi connectivity index (χ0v) is 13.0. The lowest BCUT2D eigenvalue weighted by molar-refractivity contribution is 0.133. The second-order valence-electron chi connectivity index (χ2n) is 5.47. The number of hydrogen-bond donors (Lipinski definition) is 0. The van der Waals surface area contributed by atoms with E-state index in [-0.39, 0.29) is 0 Å². The maximum Gasteiger partial charge on any atom is 0.221 e. The molecule has 0 radical (unpaired) electrons. The third-order valence-electron chi connectivity index (χ3n) is 3.93. The number of fused-ring (bicyclic) bond motifs is 1. The van der Waals surface area contributed by atoms with Crippen LogP contribution in [0.25, 0.3) is 10.8 Å². The van der Waals surface area contributed by atoms with E-state index in [1.165, 1.54) is 0 Å². The van der Waals surface area contributed by atoms with Crippen molar-refractivity contribution in [1.82, 2.24) is 14.8 Å². The molecular formula is C16H20ClN3O. The molecule has 5 heteroatoms. The lowest BCUT2D eigenvalue weighted by Crippen LogP contribution is -2.45. The largest absolute Gasteiger partial charge is 0.476 e. The van der Waals surface area contributed by atoms with Gasteiger partial charge >= 0.3 is 0 Å². The van der Waals surface area contributed by atoms with Gasteiger partial charge in [0.1, 0.15) is 6.61 Å². The second-order valence-corrected chi connectivity index (χ2v) is 5.91. The molecule has 1 aromatic heterocycles. The summed E-state index contributed by atoms with van der Waals surface area (Å²) in [7, 11) is 2.16. The van der Waals surface area contributed by atoms with E-state index in [0.717, 1.165) is 43.5 Å². The number of piperazine rings is 1. The van der Waals surface area contributed by atoms with Gasteiger partial charge in [-0.1, -0.05) is 17.7 Å². The molecular weight excluding hydrogens is 286 g/mol. The molecule has 0 saturated carbocycles. The molecule has 1 fully saturated rings. The van der Waals surface area contributed by atoms with Gasteiger partial charge in [0, 0.05) is 49.3 Å². The number of pyridine rings is 1. The molecule has 2 aromatic rings. The van der Waals surface area contributed by atoms with Crippen molar-refractivity contribution in [3.05, 3.63) is 35.5 Å². The number of benzene rings is 1. The summed E-state index contributed by atoms with van der Waals surface area (Å²) in [5.74, 6) is 0.670. The number of nitrogens with zero attached hydrogens (tertiary/aromatic N) is 3. The SMILES string of the molecule is CN1CCN(CCOc2nccc3ccc(Cl)cc23)CC1. The molecule has 1 aliphatic heterocycles. The van der Waals surface area contributed by atoms with Gasteiger partial charge in [0.25, 0.3) is 0 Å². The summed E-state index contributed by atoms with van der Waals surface area (Å²) in [6.45, 7) is 6.06. The first-order valence-corrected chi connectivity index (χ1v) is 7.68. The standard InChI is InChI=1S/C16H20ClN3O/c1-19-6-8-20(9-7-19)10-11-21-16-15-12-14(17)3-2-13(15)4-5-18-16/h2-5,12H,6-11H2,1H3. The predicted molar refractivity (Wildman–Crippen MR) is 86.2 cm³/mol. The minimum absolute atomic E-state index is 0.655. The zero-order chi connectivity index (χ0) is 14.7. The van der Waals surface area contributed by atoms with Gasteiger partial charge in [0.2, 0.25) is 5.88 Å². The Hall–Kier alpha value is -1.36. The van der Waals surface area contributed by atoms with Gasteiger partial charge in [-0.25, -0.2) is 4.98 Å². The fourth-order valence-electron chi connectivity index (χ4n) is 2.57. The number of likely N-dealkylation sites (N-methyl/N-ethyl adjacent to an activating group) is 1. The fourth-order valence-corrected chi connectivity index (χ4v) is 2.74. The van der Waals surface area contributed by atoms with Crippen molar-refractivity contribution >= 4 is 22.4 Å². The Morgan fingerprint density at radius 1 is 1.19 bits per heavy atom. The summed E-state index contributed by atoms with van der Waals surface area (Å²) in [5.41, 5.74) is 0. The normalized spacial score (nSPS) is 17.2. The van der Waals surface area contributed by atoms with Gasteiger partial charge in [0.05, 0.1) is 0 Å². The van der Waals surface area contributed by atoms with E-state index in [2.05, 4.69) is 21.8 Å². The summed E-state index contributed by atoms with van der Waals surface area (Å²) in [4.78, 5) is 9.12. The molecule has 2 heterocycles. The van der Waals surface area contributed by atoms with Gasteiger partial charge in [0.15, 0.2) is 0 Å². The topological polar surface area (TPSA) is 28.6 Å². The van der Waals surface area contributed by atoms with Crippen LogP contribution in [0.2, 0.25) is 5.02 Å². The van der Waals surface area contributed by atoms with E-state index in [1.54, 1.807) is 6.20 Å². The van der Waals surface area contributed by atoms with Crippen LogP contribution in [0, 0.1) is 0 Å². The van der Waals surface area contributed by atoms with Crippen LogP contribution in [-0.2, 0) is 0 Å². The molecule has 0 amide bonds. The Labute approximate surface area is 130 Å². The van der Waals surface area contributed by atoms with Crippen LogP contribution >= 0.6 is 11.6 Å². The quantitative estimate of drug-likeness (QED) is 0.868. The van der Waals surface area contributed by atoms with Gasteiger partial charge < -0.3 is 9.64 Å². The van der Waals surface area contributed by atoms with Crippen molar-refractivity contribution in [1.29, 1.82) is 0 Å². The van der Waals surface area contributed by atoms with E-state index in [9.17, 15) is 0 Å². The zero-order valence-electron chi connectivity index (χ0n) is 12.3. The molecule has 112 valence electrons.